The second kappa shape index (κ2) is 6.38. The normalized spacial score (nSPS) is 10.7. The maximum absolute atomic E-state index is 12.9. The van der Waals surface area contributed by atoms with Crippen LogP contribution in [-0.4, -0.2) is 4.98 Å². The number of oxazole rings is 1. The number of rotatable bonds is 4. The third-order valence-electron chi connectivity index (χ3n) is 2.93. The van der Waals surface area contributed by atoms with Gasteiger partial charge < -0.3 is 9.15 Å². The highest BCUT2D eigenvalue weighted by atomic mass is 35.5. The van der Waals surface area contributed by atoms with Crippen molar-refractivity contribution in [1.29, 1.82) is 0 Å². The van der Waals surface area contributed by atoms with Crippen molar-refractivity contribution in [3.8, 4) is 17.2 Å². The average Bonchev–Trinajstić information content (AvgIpc) is 2.96. The summed E-state index contributed by atoms with van der Waals surface area (Å²) in [4.78, 5) is 4.28. The van der Waals surface area contributed by atoms with E-state index in [1.54, 1.807) is 30.3 Å². The number of hydrogen-bond donors (Lipinski definition) is 0. The highest BCUT2D eigenvalue weighted by Crippen LogP contribution is 2.33. The average molecular weight is 338 g/mol. The molecule has 112 valence electrons. The standard InChI is InChI=1S/C16H10Cl2FNO2/c17-13-2-1-3-14(18)15(13)21-8-12-9-22-16(20-12)10-4-6-11(19)7-5-10/h1-7,9H,8H2. The Morgan fingerprint density at radius 2 is 1.73 bits per heavy atom. The van der Waals surface area contributed by atoms with Gasteiger partial charge in [-0.3, -0.25) is 0 Å². The van der Waals surface area contributed by atoms with Crippen LogP contribution in [-0.2, 0) is 6.61 Å². The minimum absolute atomic E-state index is 0.161. The number of ether oxygens (including phenoxy) is 1. The lowest BCUT2D eigenvalue weighted by molar-refractivity contribution is 0.301. The van der Waals surface area contributed by atoms with Gasteiger partial charge in [-0.25, -0.2) is 9.37 Å². The predicted molar refractivity (Wildman–Crippen MR) is 82.7 cm³/mol. The van der Waals surface area contributed by atoms with E-state index in [0.717, 1.165) is 0 Å². The molecule has 22 heavy (non-hydrogen) atoms. The number of halogens is 3. The first-order valence-electron chi connectivity index (χ1n) is 6.40. The molecule has 0 unspecified atom stereocenters. The monoisotopic (exact) mass is 337 g/mol. The SMILES string of the molecule is Fc1ccc(-c2nc(COc3c(Cl)cccc3Cl)co2)cc1. The Morgan fingerprint density at radius 1 is 1.05 bits per heavy atom. The Hall–Kier alpha value is -2.04. The Kier molecular flexibility index (Phi) is 4.32. The van der Waals surface area contributed by atoms with E-state index in [9.17, 15) is 4.39 Å². The Bertz CT molecular complexity index is 767. The summed E-state index contributed by atoms with van der Waals surface area (Å²) in [6.07, 6.45) is 1.48. The van der Waals surface area contributed by atoms with Crippen LogP contribution in [0.1, 0.15) is 5.69 Å². The van der Waals surface area contributed by atoms with Gasteiger partial charge in [0.25, 0.3) is 0 Å². The summed E-state index contributed by atoms with van der Waals surface area (Å²) >= 11 is 12.0. The first-order chi connectivity index (χ1) is 10.6. The first-order valence-corrected chi connectivity index (χ1v) is 7.16. The molecule has 0 saturated heterocycles. The van der Waals surface area contributed by atoms with Gasteiger partial charge in [0, 0.05) is 5.56 Å². The van der Waals surface area contributed by atoms with Gasteiger partial charge in [0.1, 0.15) is 24.4 Å². The fraction of sp³-hybridized carbons (Fsp3) is 0.0625. The fourth-order valence-corrected chi connectivity index (χ4v) is 2.37. The molecular weight excluding hydrogens is 328 g/mol. The molecule has 0 fully saturated rings. The maximum Gasteiger partial charge on any atom is 0.226 e. The largest absolute Gasteiger partial charge is 0.484 e. The van der Waals surface area contributed by atoms with Gasteiger partial charge >= 0.3 is 0 Å². The van der Waals surface area contributed by atoms with Crippen molar-refractivity contribution in [3.05, 3.63) is 70.3 Å². The van der Waals surface area contributed by atoms with Crippen LogP contribution in [0.5, 0.6) is 5.75 Å². The van der Waals surface area contributed by atoms with Crippen LogP contribution in [0.15, 0.2) is 53.1 Å². The molecule has 1 aromatic heterocycles. The van der Waals surface area contributed by atoms with Gasteiger partial charge in [-0.15, -0.1) is 0 Å². The molecule has 0 atom stereocenters. The molecule has 0 aliphatic carbocycles. The van der Waals surface area contributed by atoms with E-state index in [0.29, 0.717) is 32.9 Å². The van der Waals surface area contributed by atoms with Gasteiger partial charge in [0.05, 0.1) is 10.0 Å². The number of para-hydroxylation sites is 1. The minimum atomic E-state index is -0.313. The number of benzene rings is 2. The van der Waals surface area contributed by atoms with Crippen LogP contribution in [0.3, 0.4) is 0 Å². The van der Waals surface area contributed by atoms with Crippen molar-refractivity contribution in [2.75, 3.05) is 0 Å². The number of aromatic nitrogens is 1. The summed E-state index contributed by atoms with van der Waals surface area (Å²) in [6.45, 7) is 0.161. The first kappa shape index (κ1) is 14.9. The summed E-state index contributed by atoms with van der Waals surface area (Å²) in [5, 5.41) is 0.851. The van der Waals surface area contributed by atoms with Crippen LogP contribution in [0.25, 0.3) is 11.5 Å². The van der Waals surface area contributed by atoms with E-state index in [-0.39, 0.29) is 12.4 Å². The molecule has 3 rings (SSSR count). The quantitative estimate of drug-likeness (QED) is 0.642. The molecule has 3 aromatic rings. The zero-order valence-corrected chi connectivity index (χ0v) is 12.7. The third-order valence-corrected chi connectivity index (χ3v) is 3.52. The van der Waals surface area contributed by atoms with Crippen LogP contribution < -0.4 is 4.74 Å². The molecule has 0 spiro atoms. The maximum atomic E-state index is 12.9. The van der Waals surface area contributed by atoms with E-state index in [2.05, 4.69) is 4.98 Å². The van der Waals surface area contributed by atoms with E-state index in [1.165, 1.54) is 18.4 Å². The van der Waals surface area contributed by atoms with E-state index < -0.39 is 0 Å². The molecule has 0 radical (unpaired) electrons. The minimum Gasteiger partial charge on any atom is -0.484 e. The van der Waals surface area contributed by atoms with Crippen molar-refractivity contribution in [3.63, 3.8) is 0 Å². The predicted octanol–water partition coefficient (Wildman–Crippen LogP) is 5.37. The second-order valence-electron chi connectivity index (χ2n) is 4.49. The summed E-state index contributed by atoms with van der Waals surface area (Å²) in [5.41, 5.74) is 1.26. The highest BCUT2D eigenvalue weighted by Gasteiger charge is 2.10. The molecule has 0 bridgehead atoms. The highest BCUT2D eigenvalue weighted by molar-refractivity contribution is 6.37. The van der Waals surface area contributed by atoms with Crippen LogP contribution in [0.4, 0.5) is 4.39 Å². The molecule has 0 aliphatic rings. The fourth-order valence-electron chi connectivity index (χ4n) is 1.86. The van der Waals surface area contributed by atoms with Crippen molar-refractivity contribution in [2.24, 2.45) is 0 Å². The van der Waals surface area contributed by atoms with Crippen LogP contribution >= 0.6 is 23.2 Å². The Morgan fingerprint density at radius 3 is 2.41 bits per heavy atom. The number of nitrogens with zero attached hydrogens (tertiary/aromatic N) is 1. The van der Waals surface area contributed by atoms with E-state index in [1.807, 2.05) is 0 Å². The van der Waals surface area contributed by atoms with E-state index in [4.69, 9.17) is 32.4 Å². The smallest absolute Gasteiger partial charge is 0.226 e. The molecule has 2 aromatic carbocycles. The lowest BCUT2D eigenvalue weighted by Crippen LogP contribution is -1.97. The van der Waals surface area contributed by atoms with Gasteiger partial charge in [-0.1, -0.05) is 29.3 Å². The third kappa shape index (κ3) is 3.24. The molecule has 0 amide bonds. The molecule has 0 N–H and O–H groups in total. The molecule has 6 heteroatoms. The zero-order valence-electron chi connectivity index (χ0n) is 11.2. The van der Waals surface area contributed by atoms with Crippen molar-refractivity contribution in [2.45, 2.75) is 6.61 Å². The lowest BCUT2D eigenvalue weighted by atomic mass is 10.2. The molecular formula is C16H10Cl2FNO2. The van der Waals surface area contributed by atoms with Crippen molar-refractivity contribution in [1.82, 2.24) is 4.98 Å². The summed E-state index contributed by atoms with van der Waals surface area (Å²) in [6, 6.07) is 11.0. The molecule has 0 saturated carbocycles. The molecule has 1 heterocycles. The van der Waals surface area contributed by atoms with E-state index >= 15 is 0 Å². The topological polar surface area (TPSA) is 35.3 Å². The van der Waals surface area contributed by atoms with Crippen LogP contribution in [0, 0.1) is 5.82 Å². The number of hydrogen-bond acceptors (Lipinski definition) is 3. The van der Waals surface area contributed by atoms with Crippen molar-refractivity contribution >= 4 is 23.2 Å². The molecule has 3 nitrogen and oxygen atoms in total. The summed E-state index contributed by atoms with van der Waals surface area (Å²) in [5.74, 6) is 0.480. The second-order valence-corrected chi connectivity index (χ2v) is 5.30. The van der Waals surface area contributed by atoms with Gasteiger partial charge in [0.15, 0.2) is 5.75 Å². The summed E-state index contributed by atoms with van der Waals surface area (Å²) in [7, 11) is 0. The molecule has 0 aliphatic heterocycles. The van der Waals surface area contributed by atoms with Gasteiger partial charge in [0.2, 0.25) is 5.89 Å². The van der Waals surface area contributed by atoms with Crippen molar-refractivity contribution < 1.29 is 13.5 Å². The Balaban J connectivity index is 1.73. The Labute approximate surface area is 136 Å². The van der Waals surface area contributed by atoms with Crippen LogP contribution in [0.2, 0.25) is 10.0 Å². The van der Waals surface area contributed by atoms with Gasteiger partial charge in [-0.2, -0.15) is 0 Å². The summed E-state index contributed by atoms with van der Waals surface area (Å²) < 4.78 is 23.8. The zero-order chi connectivity index (χ0) is 15.5. The van der Waals surface area contributed by atoms with Gasteiger partial charge in [-0.05, 0) is 36.4 Å². The lowest BCUT2D eigenvalue weighted by Gasteiger charge is -2.07.